The molecule has 0 saturated carbocycles. The van der Waals surface area contributed by atoms with Gasteiger partial charge in [-0.2, -0.15) is 10.5 Å². The van der Waals surface area contributed by atoms with Crippen molar-refractivity contribution in [1.82, 2.24) is 9.88 Å². The number of nitrogens with one attached hydrogen (secondary N) is 1. The molecule has 6 heteroatoms. The van der Waals surface area contributed by atoms with E-state index in [1.807, 2.05) is 11.0 Å². The summed E-state index contributed by atoms with van der Waals surface area (Å²) in [6, 6.07) is 14.9. The highest BCUT2D eigenvalue weighted by molar-refractivity contribution is 5.81. The van der Waals surface area contributed by atoms with E-state index in [1.165, 1.54) is 0 Å². The summed E-state index contributed by atoms with van der Waals surface area (Å²) in [6.45, 7) is 1.66. The molecular weight excluding hydrogens is 326 g/mol. The first-order valence-corrected chi connectivity index (χ1v) is 8.57. The molecule has 1 amide bonds. The summed E-state index contributed by atoms with van der Waals surface area (Å²) in [6.07, 6.45) is 3.36. The molecule has 6 nitrogen and oxygen atoms in total. The minimum atomic E-state index is 0.0700. The number of likely N-dealkylation sites (tertiary alicyclic amines) is 1. The minimum Gasteiger partial charge on any atom is -0.376 e. The molecule has 1 N–H and O–H groups in total. The zero-order chi connectivity index (χ0) is 18.4. The lowest BCUT2D eigenvalue weighted by atomic mass is 9.93. The van der Waals surface area contributed by atoms with Crippen molar-refractivity contribution in [2.45, 2.75) is 18.8 Å². The Balaban J connectivity index is 1.48. The zero-order valence-corrected chi connectivity index (χ0v) is 14.4. The number of hydrogen-bond donors (Lipinski definition) is 1. The molecule has 0 atom stereocenters. The van der Waals surface area contributed by atoms with Crippen LogP contribution in [0.25, 0.3) is 0 Å². The van der Waals surface area contributed by atoms with Crippen LogP contribution in [0.2, 0.25) is 0 Å². The van der Waals surface area contributed by atoms with Crippen molar-refractivity contribution in [3.8, 4) is 12.1 Å². The van der Waals surface area contributed by atoms with Gasteiger partial charge >= 0.3 is 0 Å². The number of rotatable bonds is 4. The van der Waals surface area contributed by atoms with Crippen LogP contribution in [-0.2, 0) is 4.79 Å². The summed E-state index contributed by atoms with van der Waals surface area (Å²) in [5.74, 6) is 0.402. The van der Waals surface area contributed by atoms with E-state index in [-0.39, 0.29) is 12.5 Å². The maximum absolute atomic E-state index is 12.4. The molecule has 1 aromatic heterocycles. The highest BCUT2D eigenvalue weighted by Gasteiger charge is 2.24. The Morgan fingerprint density at radius 1 is 1.08 bits per heavy atom. The Morgan fingerprint density at radius 3 is 2.31 bits per heavy atom. The van der Waals surface area contributed by atoms with E-state index in [4.69, 9.17) is 10.5 Å². The third-order valence-corrected chi connectivity index (χ3v) is 4.64. The lowest BCUT2D eigenvalue weighted by molar-refractivity contribution is -0.130. The molecule has 0 bridgehead atoms. The van der Waals surface area contributed by atoms with Crippen molar-refractivity contribution < 1.29 is 4.79 Å². The Bertz CT molecular complexity index is 838. The molecule has 0 aliphatic carbocycles. The van der Waals surface area contributed by atoms with E-state index < -0.39 is 0 Å². The van der Waals surface area contributed by atoms with Crippen LogP contribution < -0.4 is 5.32 Å². The summed E-state index contributed by atoms with van der Waals surface area (Å²) in [4.78, 5) is 18.6. The number of benzene rings is 1. The number of carbonyl (C=O) groups is 1. The molecule has 0 spiro atoms. The molecule has 2 heterocycles. The number of carbonyl (C=O) groups excluding carboxylic acids is 1. The van der Waals surface area contributed by atoms with Crippen LogP contribution in [0, 0.1) is 22.7 Å². The summed E-state index contributed by atoms with van der Waals surface area (Å²) < 4.78 is 0. The summed E-state index contributed by atoms with van der Waals surface area (Å²) in [5.41, 5.74) is 2.98. The largest absolute Gasteiger partial charge is 0.376 e. The molecule has 3 rings (SSSR count). The summed E-state index contributed by atoms with van der Waals surface area (Å²) in [7, 11) is 0. The molecule has 1 aliphatic rings. The third-order valence-electron chi connectivity index (χ3n) is 4.64. The quantitative estimate of drug-likeness (QED) is 0.919. The van der Waals surface area contributed by atoms with Crippen molar-refractivity contribution in [2.75, 3.05) is 25.0 Å². The molecule has 2 aromatic rings. The van der Waals surface area contributed by atoms with Crippen LogP contribution in [0.15, 0.2) is 42.6 Å². The van der Waals surface area contributed by atoms with Crippen molar-refractivity contribution in [3.63, 3.8) is 0 Å². The second-order valence-corrected chi connectivity index (χ2v) is 6.28. The SMILES string of the molecule is N#Cc1ccc(NCC(=O)N2CCC(c3ccc(C#N)cn3)CC2)cc1. The number of piperidine rings is 1. The molecule has 26 heavy (non-hydrogen) atoms. The van der Waals surface area contributed by atoms with Crippen molar-refractivity contribution in [3.05, 3.63) is 59.4 Å². The number of nitrogens with zero attached hydrogens (tertiary/aromatic N) is 4. The fraction of sp³-hybridized carbons (Fsp3) is 0.300. The van der Waals surface area contributed by atoms with E-state index in [9.17, 15) is 4.79 Å². The van der Waals surface area contributed by atoms with Crippen LogP contribution in [-0.4, -0.2) is 35.4 Å². The minimum absolute atomic E-state index is 0.0700. The van der Waals surface area contributed by atoms with Gasteiger partial charge in [0.1, 0.15) is 6.07 Å². The first-order valence-electron chi connectivity index (χ1n) is 8.57. The van der Waals surface area contributed by atoms with Gasteiger partial charge in [0.05, 0.1) is 23.7 Å². The smallest absolute Gasteiger partial charge is 0.241 e. The van der Waals surface area contributed by atoms with E-state index in [0.717, 1.165) is 24.2 Å². The van der Waals surface area contributed by atoms with Gasteiger partial charge in [0, 0.05) is 36.6 Å². The first-order chi connectivity index (χ1) is 12.7. The zero-order valence-electron chi connectivity index (χ0n) is 14.4. The Labute approximate surface area is 152 Å². The van der Waals surface area contributed by atoms with E-state index in [0.29, 0.717) is 30.1 Å². The van der Waals surface area contributed by atoms with Gasteiger partial charge < -0.3 is 10.2 Å². The molecule has 0 radical (unpaired) electrons. The van der Waals surface area contributed by atoms with Gasteiger partial charge in [-0.15, -0.1) is 0 Å². The van der Waals surface area contributed by atoms with Gasteiger partial charge in [0.25, 0.3) is 0 Å². The molecule has 1 saturated heterocycles. The van der Waals surface area contributed by atoms with Gasteiger partial charge in [0.15, 0.2) is 0 Å². The van der Waals surface area contributed by atoms with Gasteiger partial charge in [-0.1, -0.05) is 0 Å². The van der Waals surface area contributed by atoms with Gasteiger partial charge in [-0.05, 0) is 49.2 Å². The molecule has 1 aliphatic heterocycles. The number of hydrogen-bond acceptors (Lipinski definition) is 5. The first kappa shape index (κ1) is 17.4. The summed E-state index contributed by atoms with van der Waals surface area (Å²) in [5, 5.41) is 20.7. The normalized spacial score (nSPS) is 14.3. The van der Waals surface area contributed by atoms with Crippen molar-refractivity contribution in [1.29, 1.82) is 10.5 Å². The topological polar surface area (TPSA) is 92.8 Å². The number of nitriles is 2. The van der Waals surface area contributed by atoms with Crippen LogP contribution in [0.5, 0.6) is 0 Å². The molecule has 1 aromatic carbocycles. The fourth-order valence-electron chi connectivity index (χ4n) is 3.09. The van der Waals surface area contributed by atoms with Gasteiger partial charge in [-0.3, -0.25) is 9.78 Å². The predicted octanol–water partition coefficient (Wildman–Crippen LogP) is 2.64. The second kappa shape index (κ2) is 8.13. The van der Waals surface area contributed by atoms with Crippen molar-refractivity contribution >= 4 is 11.6 Å². The van der Waals surface area contributed by atoms with E-state index in [2.05, 4.69) is 22.4 Å². The number of anilines is 1. The number of amides is 1. The lowest BCUT2D eigenvalue weighted by Gasteiger charge is -2.32. The average Bonchev–Trinajstić information content (AvgIpc) is 2.72. The predicted molar refractivity (Wildman–Crippen MR) is 97.2 cm³/mol. The molecule has 1 fully saturated rings. The standard InChI is InChI=1S/C20H19N5O/c21-11-15-1-4-18(5-2-15)23-14-20(26)25-9-7-17(8-10-25)19-6-3-16(12-22)13-24-19/h1-6,13,17,23H,7-10,14H2. The Kier molecular flexibility index (Phi) is 5.46. The lowest BCUT2D eigenvalue weighted by Crippen LogP contribution is -2.41. The number of pyridine rings is 1. The van der Waals surface area contributed by atoms with E-state index in [1.54, 1.807) is 36.5 Å². The second-order valence-electron chi connectivity index (χ2n) is 6.28. The Hall–Kier alpha value is -3.38. The highest BCUT2D eigenvalue weighted by Crippen LogP contribution is 2.26. The molecule has 130 valence electrons. The van der Waals surface area contributed by atoms with Crippen LogP contribution in [0.3, 0.4) is 0 Å². The van der Waals surface area contributed by atoms with Crippen LogP contribution in [0.4, 0.5) is 5.69 Å². The third kappa shape index (κ3) is 4.17. The molecular formula is C20H19N5O. The maximum atomic E-state index is 12.4. The van der Waals surface area contributed by atoms with Crippen LogP contribution >= 0.6 is 0 Å². The Morgan fingerprint density at radius 2 is 1.73 bits per heavy atom. The van der Waals surface area contributed by atoms with E-state index >= 15 is 0 Å². The highest BCUT2D eigenvalue weighted by atomic mass is 16.2. The fourth-order valence-corrected chi connectivity index (χ4v) is 3.09. The molecule has 0 unspecified atom stereocenters. The maximum Gasteiger partial charge on any atom is 0.241 e. The summed E-state index contributed by atoms with van der Waals surface area (Å²) >= 11 is 0. The van der Waals surface area contributed by atoms with Crippen LogP contribution in [0.1, 0.15) is 35.6 Å². The monoisotopic (exact) mass is 345 g/mol. The van der Waals surface area contributed by atoms with Crippen molar-refractivity contribution in [2.24, 2.45) is 0 Å². The van der Waals surface area contributed by atoms with Gasteiger partial charge in [0.2, 0.25) is 5.91 Å². The number of aromatic nitrogens is 1. The average molecular weight is 345 g/mol. The van der Waals surface area contributed by atoms with Gasteiger partial charge in [-0.25, -0.2) is 0 Å².